The van der Waals surface area contributed by atoms with Crippen molar-refractivity contribution in [2.24, 2.45) is 5.92 Å². The summed E-state index contributed by atoms with van der Waals surface area (Å²) in [6.07, 6.45) is 0. The number of carboxylic acids is 1. The zero-order chi connectivity index (χ0) is 12.1. The predicted molar refractivity (Wildman–Crippen MR) is 67.6 cm³/mol. The first kappa shape index (κ1) is 13.2. The first-order valence-electron chi connectivity index (χ1n) is 5.23. The second kappa shape index (κ2) is 6.01. The Morgan fingerprint density at radius 2 is 2.19 bits per heavy atom. The minimum absolute atomic E-state index is 0.305. The summed E-state index contributed by atoms with van der Waals surface area (Å²) in [4.78, 5) is 10.7. The Hall–Kier alpha value is -0.870. The van der Waals surface area contributed by atoms with Gasteiger partial charge in [-0.15, -0.1) is 0 Å². The molecule has 16 heavy (non-hydrogen) atoms. The molecule has 3 nitrogen and oxygen atoms in total. The summed E-state index contributed by atoms with van der Waals surface area (Å²) in [5.74, 6) is -0.292. The van der Waals surface area contributed by atoms with Crippen LogP contribution in [0.3, 0.4) is 0 Å². The maximum Gasteiger partial charge on any atom is 0.335 e. The van der Waals surface area contributed by atoms with E-state index in [1.165, 1.54) is 0 Å². The molecule has 0 aliphatic carbocycles. The molecule has 0 radical (unpaired) electrons. The SMILES string of the molecule is CC(C)CNCc1ccc(C(=O)O)cc1Br. The maximum absolute atomic E-state index is 10.7. The van der Waals surface area contributed by atoms with E-state index in [1.807, 2.05) is 6.07 Å². The van der Waals surface area contributed by atoms with E-state index in [-0.39, 0.29) is 0 Å². The molecule has 0 unspecified atom stereocenters. The fourth-order valence-corrected chi connectivity index (χ4v) is 1.84. The van der Waals surface area contributed by atoms with Crippen molar-refractivity contribution in [3.05, 3.63) is 33.8 Å². The van der Waals surface area contributed by atoms with Crippen molar-refractivity contribution in [1.82, 2.24) is 5.32 Å². The van der Waals surface area contributed by atoms with Gasteiger partial charge in [0.1, 0.15) is 0 Å². The van der Waals surface area contributed by atoms with E-state index in [4.69, 9.17) is 5.11 Å². The van der Waals surface area contributed by atoms with Crippen LogP contribution in [0.25, 0.3) is 0 Å². The van der Waals surface area contributed by atoms with Gasteiger partial charge in [-0.25, -0.2) is 4.79 Å². The van der Waals surface area contributed by atoms with E-state index in [0.717, 1.165) is 23.1 Å². The highest BCUT2D eigenvalue weighted by atomic mass is 79.9. The number of halogens is 1. The molecule has 0 atom stereocenters. The van der Waals surface area contributed by atoms with E-state index in [1.54, 1.807) is 12.1 Å². The minimum Gasteiger partial charge on any atom is -0.478 e. The Morgan fingerprint density at radius 3 is 2.69 bits per heavy atom. The first-order chi connectivity index (χ1) is 7.50. The molecule has 2 N–H and O–H groups in total. The monoisotopic (exact) mass is 285 g/mol. The lowest BCUT2D eigenvalue weighted by Crippen LogP contribution is -2.19. The molecular formula is C12H16BrNO2. The second-order valence-electron chi connectivity index (χ2n) is 4.14. The maximum atomic E-state index is 10.7. The fourth-order valence-electron chi connectivity index (χ4n) is 1.32. The van der Waals surface area contributed by atoms with Gasteiger partial charge in [0, 0.05) is 11.0 Å². The first-order valence-corrected chi connectivity index (χ1v) is 6.02. The largest absolute Gasteiger partial charge is 0.478 e. The van der Waals surface area contributed by atoms with Crippen LogP contribution < -0.4 is 5.32 Å². The van der Waals surface area contributed by atoms with Crippen LogP contribution in [0.15, 0.2) is 22.7 Å². The zero-order valence-electron chi connectivity index (χ0n) is 9.46. The Bertz CT molecular complexity index is 377. The van der Waals surface area contributed by atoms with Crippen LogP contribution in [0, 0.1) is 5.92 Å². The number of benzene rings is 1. The molecule has 0 aliphatic heterocycles. The van der Waals surface area contributed by atoms with Gasteiger partial charge in [0.15, 0.2) is 0 Å². The third-order valence-corrected chi connectivity index (χ3v) is 2.91. The molecule has 0 amide bonds. The van der Waals surface area contributed by atoms with Crippen molar-refractivity contribution in [2.75, 3.05) is 6.54 Å². The molecular weight excluding hydrogens is 270 g/mol. The van der Waals surface area contributed by atoms with Gasteiger partial charge in [0.2, 0.25) is 0 Å². The Kier molecular flexibility index (Phi) is 4.96. The molecule has 1 rings (SSSR count). The quantitative estimate of drug-likeness (QED) is 0.875. The summed E-state index contributed by atoms with van der Waals surface area (Å²) >= 11 is 3.38. The van der Waals surface area contributed by atoms with Crippen molar-refractivity contribution >= 4 is 21.9 Å². The molecule has 88 valence electrons. The summed E-state index contributed by atoms with van der Waals surface area (Å²) in [6.45, 7) is 6.00. The second-order valence-corrected chi connectivity index (χ2v) is 4.99. The highest BCUT2D eigenvalue weighted by Gasteiger charge is 2.06. The lowest BCUT2D eigenvalue weighted by Gasteiger charge is -2.09. The molecule has 0 spiro atoms. The van der Waals surface area contributed by atoms with Gasteiger partial charge in [-0.3, -0.25) is 0 Å². The number of carboxylic acid groups (broad SMARTS) is 1. The van der Waals surface area contributed by atoms with Crippen LogP contribution in [0.4, 0.5) is 0 Å². The van der Waals surface area contributed by atoms with E-state index in [0.29, 0.717) is 11.5 Å². The van der Waals surface area contributed by atoms with Crippen molar-refractivity contribution in [3.8, 4) is 0 Å². The van der Waals surface area contributed by atoms with Crippen LogP contribution >= 0.6 is 15.9 Å². The third kappa shape index (κ3) is 3.94. The lowest BCUT2D eigenvalue weighted by atomic mass is 10.1. The average molecular weight is 286 g/mol. The summed E-state index contributed by atoms with van der Waals surface area (Å²) in [5, 5.41) is 12.1. The summed E-state index contributed by atoms with van der Waals surface area (Å²) in [6, 6.07) is 5.09. The zero-order valence-corrected chi connectivity index (χ0v) is 11.0. The standard InChI is InChI=1S/C12H16BrNO2/c1-8(2)6-14-7-10-4-3-9(12(15)16)5-11(10)13/h3-5,8,14H,6-7H2,1-2H3,(H,15,16). The van der Waals surface area contributed by atoms with Crippen molar-refractivity contribution in [1.29, 1.82) is 0 Å². The highest BCUT2D eigenvalue weighted by molar-refractivity contribution is 9.10. The summed E-state index contributed by atoms with van der Waals surface area (Å²) in [7, 11) is 0. The van der Waals surface area contributed by atoms with E-state index < -0.39 is 5.97 Å². The van der Waals surface area contributed by atoms with Gasteiger partial charge in [-0.2, -0.15) is 0 Å². The van der Waals surface area contributed by atoms with Crippen LogP contribution in [0.2, 0.25) is 0 Å². The number of rotatable bonds is 5. The average Bonchev–Trinajstić information content (AvgIpc) is 2.19. The summed E-state index contributed by atoms with van der Waals surface area (Å²) < 4.78 is 0.837. The van der Waals surface area contributed by atoms with Crippen molar-refractivity contribution in [2.45, 2.75) is 20.4 Å². The number of carbonyl (C=O) groups is 1. The van der Waals surface area contributed by atoms with E-state index >= 15 is 0 Å². The van der Waals surface area contributed by atoms with Crippen LogP contribution in [-0.2, 0) is 6.54 Å². The third-order valence-electron chi connectivity index (χ3n) is 2.17. The van der Waals surface area contributed by atoms with Crippen LogP contribution in [0.1, 0.15) is 29.8 Å². The Balaban J connectivity index is 2.64. The number of hydrogen-bond donors (Lipinski definition) is 2. The molecule has 0 aliphatic rings. The van der Waals surface area contributed by atoms with Gasteiger partial charge >= 0.3 is 5.97 Å². The van der Waals surface area contributed by atoms with Crippen molar-refractivity contribution in [3.63, 3.8) is 0 Å². The van der Waals surface area contributed by atoms with Crippen LogP contribution in [-0.4, -0.2) is 17.6 Å². The molecule has 0 aromatic heterocycles. The van der Waals surface area contributed by atoms with Crippen LogP contribution in [0.5, 0.6) is 0 Å². The number of nitrogens with one attached hydrogen (secondary N) is 1. The number of hydrogen-bond acceptors (Lipinski definition) is 2. The smallest absolute Gasteiger partial charge is 0.335 e. The van der Waals surface area contributed by atoms with E-state index in [2.05, 4.69) is 35.1 Å². The molecule has 0 bridgehead atoms. The summed E-state index contributed by atoms with van der Waals surface area (Å²) in [5.41, 5.74) is 1.38. The molecule has 4 heteroatoms. The molecule has 0 heterocycles. The van der Waals surface area contributed by atoms with Crippen molar-refractivity contribution < 1.29 is 9.90 Å². The Labute approximate surface area is 104 Å². The van der Waals surface area contributed by atoms with Gasteiger partial charge in [-0.1, -0.05) is 35.8 Å². The lowest BCUT2D eigenvalue weighted by molar-refractivity contribution is 0.0697. The van der Waals surface area contributed by atoms with Gasteiger partial charge < -0.3 is 10.4 Å². The predicted octanol–water partition coefficient (Wildman–Crippen LogP) is 2.89. The normalized spacial score (nSPS) is 10.8. The molecule has 0 saturated carbocycles. The number of aromatic carboxylic acids is 1. The topological polar surface area (TPSA) is 49.3 Å². The Morgan fingerprint density at radius 1 is 1.50 bits per heavy atom. The fraction of sp³-hybridized carbons (Fsp3) is 0.417. The molecule has 1 aromatic carbocycles. The molecule has 0 fully saturated rings. The molecule has 1 aromatic rings. The highest BCUT2D eigenvalue weighted by Crippen LogP contribution is 2.18. The van der Waals surface area contributed by atoms with Gasteiger partial charge in [0.05, 0.1) is 5.56 Å². The van der Waals surface area contributed by atoms with E-state index in [9.17, 15) is 4.79 Å². The van der Waals surface area contributed by atoms with Gasteiger partial charge in [0.25, 0.3) is 0 Å². The minimum atomic E-state index is -0.901. The molecule has 0 saturated heterocycles. The van der Waals surface area contributed by atoms with Gasteiger partial charge in [-0.05, 0) is 30.2 Å².